The van der Waals surface area contributed by atoms with E-state index in [0.717, 1.165) is 27.6 Å². The van der Waals surface area contributed by atoms with E-state index in [1.165, 1.54) is 17.5 Å². The SMILES string of the molecule is NC(=O)C1(c2cccc(Sc3ccc(-n4ncn(CC5CC5)c4=O)cc3)c2)CCOCC1. The summed E-state index contributed by atoms with van der Waals surface area (Å²) in [5.74, 6) is 0.327. The molecule has 2 fully saturated rings. The van der Waals surface area contributed by atoms with Crippen molar-refractivity contribution in [3.8, 4) is 5.69 Å². The minimum atomic E-state index is -0.668. The first kappa shape index (κ1) is 21.0. The lowest BCUT2D eigenvalue weighted by Gasteiger charge is -2.34. The number of aromatic nitrogens is 3. The van der Waals surface area contributed by atoms with Crippen LogP contribution < -0.4 is 11.4 Å². The van der Waals surface area contributed by atoms with Crippen LogP contribution in [0.2, 0.25) is 0 Å². The number of amides is 1. The van der Waals surface area contributed by atoms with Crippen molar-refractivity contribution in [3.05, 3.63) is 70.9 Å². The largest absolute Gasteiger partial charge is 0.381 e. The van der Waals surface area contributed by atoms with E-state index in [0.29, 0.717) is 32.0 Å². The van der Waals surface area contributed by atoms with Gasteiger partial charge in [0.15, 0.2) is 0 Å². The third-order valence-corrected chi connectivity index (χ3v) is 7.40. The summed E-state index contributed by atoms with van der Waals surface area (Å²) in [7, 11) is 0. The molecule has 1 aliphatic carbocycles. The molecule has 0 unspecified atom stereocenters. The zero-order chi connectivity index (χ0) is 22.1. The Morgan fingerprint density at radius 3 is 2.56 bits per heavy atom. The van der Waals surface area contributed by atoms with Crippen LogP contribution in [0.5, 0.6) is 0 Å². The van der Waals surface area contributed by atoms with Crippen molar-refractivity contribution >= 4 is 17.7 Å². The predicted octanol–water partition coefficient (Wildman–Crippen LogP) is 3.13. The summed E-state index contributed by atoms with van der Waals surface area (Å²) in [5.41, 5.74) is 6.74. The Morgan fingerprint density at radius 1 is 1.12 bits per heavy atom. The second kappa shape index (κ2) is 8.60. The Kier molecular flexibility index (Phi) is 5.65. The lowest BCUT2D eigenvalue weighted by atomic mass is 9.73. The third-order valence-electron chi connectivity index (χ3n) is 6.41. The number of rotatable bonds is 7. The molecule has 7 nitrogen and oxygen atoms in total. The van der Waals surface area contributed by atoms with Gasteiger partial charge in [-0.1, -0.05) is 23.9 Å². The van der Waals surface area contributed by atoms with Gasteiger partial charge in [0.25, 0.3) is 0 Å². The van der Waals surface area contributed by atoms with Crippen molar-refractivity contribution in [2.24, 2.45) is 11.7 Å². The van der Waals surface area contributed by atoms with Crippen LogP contribution in [0, 0.1) is 5.92 Å². The summed E-state index contributed by atoms with van der Waals surface area (Å²) in [6, 6.07) is 15.8. The molecule has 2 heterocycles. The molecule has 2 aromatic carbocycles. The van der Waals surface area contributed by atoms with E-state index in [1.54, 1.807) is 22.7 Å². The van der Waals surface area contributed by atoms with Gasteiger partial charge in [-0.15, -0.1) is 0 Å². The maximum absolute atomic E-state index is 12.6. The molecule has 1 aromatic heterocycles. The van der Waals surface area contributed by atoms with Crippen LogP contribution in [-0.4, -0.2) is 33.5 Å². The zero-order valence-corrected chi connectivity index (χ0v) is 18.6. The van der Waals surface area contributed by atoms with E-state index in [9.17, 15) is 9.59 Å². The molecule has 3 aromatic rings. The number of carbonyl (C=O) groups excluding carboxylic acids is 1. The topological polar surface area (TPSA) is 92.1 Å². The number of benzene rings is 2. The van der Waals surface area contributed by atoms with Gasteiger partial charge >= 0.3 is 5.69 Å². The molecule has 32 heavy (non-hydrogen) atoms. The molecular formula is C24H26N4O3S. The van der Waals surface area contributed by atoms with E-state index in [2.05, 4.69) is 11.2 Å². The van der Waals surface area contributed by atoms with Gasteiger partial charge in [0.2, 0.25) is 5.91 Å². The summed E-state index contributed by atoms with van der Waals surface area (Å²) in [4.78, 5) is 27.0. The first-order chi connectivity index (χ1) is 15.5. The third kappa shape index (κ3) is 4.12. The lowest BCUT2D eigenvalue weighted by molar-refractivity contribution is -0.127. The normalized spacial score (nSPS) is 17.9. The summed E-state index contributed by atoms with van der Waals surface area (Å²) in [5, 5.41) is 4.27. The molecule has 2 N–H and O–H groups in total. The molecule has 1 saturated heterocycles. The first-order valence-corrected chi connectivity index (χ1v) is 11.8. The van der Waals surface area contributed by atoms with Crippen LogP contribution in [0.1, 0.15) is 31.2 Å². The number of carbonyl (C=O) groups is 1. The predicted molar refractivity (Wildman–Crippen MR) is 122 cm³/mol. The minimum Gasteiger partial charge on any atom is -0.381 e. The molecule has 0 atom stereocenters. The second-order valence-electron chi connectivity index (χ2n) is 8.60. The van der Waals surface area contributed by atoms with E-state index in [-0.39, 0.29) is 11.6 Å². The maximum Gasteiger partial charge on any atom is 0.350 e. The molecule has 166 valence electrons. The fourth-order valence-corrected chi connectivity index (χ4v) is 5.14. The highest BCUT2D eigenvalue weighted by atomic mass is 32.2. The van der Waals surface area contributed by atoms with Crippen LogP contribution in [0.15, 0.2) is 69.4 Å². The van der Waals surface area contributed by atoms with Gasteiger partial charge in [-0.25, -0.2) is 4.79 Å². The average molecular weight is 451 g/mol. The number of hydrogen-bond acceptors (Lipinski definition) is 5. The molecule has 1 saturated carbocycles. The van der Waals surface area contributed by atoms with E-state index in [4.69, 9.17) is 10.5 Å². The number of ether oxygens (including phenoxy) is 1. The standard InChI is InChI=1S/C24H26N4O3S/c25-22(29)24(10-12-31-13-11-24)18-2-1-3-21(14-18)32-20-8-6-19(7-9-20)28-23(30)27(16-26-28)15-17-4-5-17/h1-3,6-9,14,16-17H,4-5,10-13,15H2,(H2,25,29). The quantitative estimate of drug-likeness (QED) is 0.597. The minimum absolute atomic E-state index is 0.0989. The van der Waals surface area contributed by atoms with Gasteiger partial charge in [-0.3, -0.25) is 9.36 Å². The van der Waals surface area contributed by atoms with Crippen LogP contribution in [0.25, 0.3) is 5.69 Å². The first-order valence-electron chi connectivity index (χ1n) is 11.0. The Bertz CT molecular complexity index is 1170. The van der Waals surface area contributed by atoms with Crippen molar-refractivity contribution in [2.45, 2.75) is 47.4 Å². The van der Waals surface area contributed by atoms with Gasteiger partial charge < -0.3 is 10.5 Å². The number of nitrogens with two attached hydrogens (primary N) is 1. The number of nitrogens with zero attached hydrogens (tertiary/aromatic N) is 3. The molecular weight excluding hydrogens is 424 g/mol. The molecule has 1 aliphatic heterocycles. The van der Waals surface area contributed by atoms with E-state index in [1.807, 2.05) is 42.5 Å². The summed E-state index contributed by atoms with van der Waals surface area (Å²) in [6.45, 7) is 1.83. The van der Waals surface area contributed by atoms with Crippen molar-refractivity contribution in [3.63, 3.8) is 0 Å². The van der Waals surface area contributed by atoms with Gasteiger partial charge in [0.05, 0.1) is 11.1 Å². The van der Waals surface area contributed by atoms with Crippen molar-refractivity contribution in [1.82, 2.24) is 14.3 Å². The van der Waals surface area contributed by atoms with Crippen LogP contribution in [-0.2, 0) is 21.5 Å². The second-order valence-corrected chi connectivity index (χ2v) is 9.75. The maximum atomic E-state index is 12.6. The summed E-state index contributed by atoms with van der Waals surface area (Å²) in [6.07, 6.45) is 5.22. The van der Waals surface area contributed by atoms with Crippen LogP contribution >= 0.6 is 11.8 Å². The van der Waals surface area contributed by atoms with Crippen molar-refractivity contribution in [2.75, 3.05) is 13.2 Å². The van der Waals surface area contributed by atoms with Crippen LogP contribution in [0.4, 0.5) is 0 Å². The fourth-order valence-electron chi connectivity index (χ4n) is 4.26. The zero-order valence-electron chi connectivity index (χ0n) is 17.8. The monoisotopic (exact) mass is 450 g/mol. The average Bonchev–Trinajstić information content (AvgIpc) is 3.57. The number of primary amides is 1. The fraction of sp³-hybridized carbons (Fsp3) is 0.375. The Labute approximate surface area is 190 Å². The highest BCUT2D eigenvalue weighted by molar-refractivity contribution is 7.99. The van der Waals surface area contributed by atoms with E-state index >= 15 is 0 Å². The van der Waals surface area contributed by atoms with Crippen molar-refractivity contribution in [1.29, 1.82) is 0 Å². The Balaban J connectivity index is 1.34. The molecule has 5 rings (SSSR count). The number of hydrogen-bond donors (Lipinski definition) is 1. The van der Waals surface area contributed by atoms with Gasteiger partial charge in [-0.2, -0.15) is 9.78 Å². The molecule has 0 bridgehead atoms. The van der Waals surface area contributed by atoms with Gasteiger partial charge in [-0.05, 0) is 73.6 Å². The van der Waals surface area contributed by atoms with E-state index < -0.39 is 5.41 Å². The van der Waals surface area contributed by atoms with Crippen LogP contribution in [0.3, 0.4) is 0 Å². The van der Waals surface area contributed by atoms with Gasteiger partial charge in [0, 0.05) is 29.5 Å². The summed E-state index contributed by atoms with van der Waals surface area (Å²) < 4.78 is 8.59. The Morgan fingerprint density at radius 2 is 1.88 bits per heavy atom. The summed E-state index contributed by atoms with van der Waals surface area (Å²) >= 11 is 1.61. The highest BCUT2D eigenvalue weighted by Gasteiger charge is 2.40. The van der Waals surface area contributed by atoms with Gasteiger partial charge in [0.1, 0.15) is 6.33 Å². The lowest BCUT2D eigenvalue weighted by Crippen LogP contribution is -2.45. The molecule has 8 heteroatoms. The Hall–Kier alpha value is -2.84. The molecule has 1 amide bonds. The molecule has 0 spiro atoms. The van der Waals surface area contributed by atoms with Crippen molar-refractivity contribution < 1.29 is 9.53 Å². The molecule has 2 aliphatic rings. The smallest absolute Gasteiger partial charge is 0.350 e. The highest BCUT2D eigenvalue weighted by Crippen LogP contribution is 2.37. The molecule has 0 radical (unpaired) electrons.